The molecule has 20 heavy (non-hydrogen) atoms. The van der Waals surface area contributed by atoms with Crippen LogP contribution in [0.15, 0.2) is 30.3 Å². The number of amides is 1. The van der Waals surface area contributed by atoms with Crippen LogP contribution < -0.4 is 10.9 Å². The highest BCUT2D eigenvalue weighted by Crippen LogP contribution is 2.25. The van der Waals surface area contributed by atoms with Gasteiger partial charge in [0.1, 0.15) is 6.61 Å². The van der Waals surface area contributed by atoms with Crippen LogP contribution in [0, 0.1) is 5.92 Å². The number of ether oxygens (including phenoxy) is 1. The van der Waals surface area contributed by atoms with Gasteiger partial charge < -0.3 is 14.9 Å². The smallest absolute Gasteiger partial charge is 0.421 e. The van der Waals surface area contributed by atoms with E-state index in [1.54, 1.807) is 0 Å². The topological polar surface area (TPSA) is 90.8 Å². The molecular weight excluding hydrogens is 260 g/mol. The number of hydrazine groups is 1. The molecule has 0 aromatic heterocycles. The fourth-order valence-corrected chi connectivity index (χ4v) is 2.38. The number of carbonyl (C=O) groups is 1. The van der Waals surface area contributed by atoms with Crippen LogP contribution in [-0.4, -0.2) is 35.1 Å². The first-order chi connectivity index (χ1) is 9.69. The summed E-state index contributed by atoms with van der Waals surface area (Å²) < 4.78 is 5.05. The van der Waals surface area contributed by atoms with Gasteiger partial charge >= 0.3 is 6.09 Å². The van der Waals surface area contributed by atoms with E-state index in [-0.39, 0.29) is 25.2 Å². The van der Waals surface area contributed by atoms with Gasteiger partial charge in [0.25, 0.3) is 0 Å². The van der Waals surface area contributed by atoms with E-state index in [2.05, 4.69) is 10.9 Å². The summed E-state index contributed by atoms with van der Waals surface area (Å²) in [5, 5.41) is 18.7. The van der Waals surface area contributed by atoms with Gasteiger partial charge in [-0.3, -0.25) is 5.43 Å². The van der Waals surface area contributed by atoms with Crippen LogP contribution in [0.25, 0.3) is 0 Å². The number of aliphatic hydroxyl groups excluding tert-OH is 2. The molecule has 6 heteroatoms. The predicted octanol–water partition coefficient (Wildman–Crippen LogP) is 0.549. The Bertz CT molecular complexity index is 426. The van der Waals surface area contributed by atoms with Crippen molar-refractivity contribution in [2.75, 3.05) is 6.61 Å². The predicted molar refractivity (Wildman–Crippen MR) is 72.5 cm³/mol. The van der Waals surface area contributed by atoms with Gasteiger partial charge in [0.2, 0.25) is 0 Å². The maximum Gasteiger partial charge on any atom is 0.421 e. The molecule has 4 N–H and O–H groups in total. The standard InChI is InChI=1S/C14H20N2O4/c17-8-11-6-12(18)7-13(11)15-16-14(19)20-9-10-4-2-1-3-5-10/h1-5,11-13,15,17-18H,6-9H2,(H,16,19). The lowest BCUT2D eigenvalue weighted by atomic mass is 10.1. The fraction of sp³-hybridized carbons (Fsp3) is 0.500. The molecule has 0 saturated heterocycles. The molecule has 3 unspecified atom stereocenters. The Morgan fingerprint density at radius 3 is 2.75 bits per heavy atom. The Morgan fingerprint density at radius 1 is 1.30 bits per heavy atom. The normalized spacial score (nSPS) is 25.4. The number of benzene rings is 1. The van der Waals surface area contributed by atoms with Crippen molar-refractivity contribution < 1.29 is 19.7 Å². The van der Waals surface area contributed by atoms with Gasteiger partial charge in [0.05, 0.1) is 6.10 Å². The number of nitrogens with one attached hydrogen (secondary N) is 2. The Balaban J connectivity index is 1.70. The Hall–Kier alpha value is -1.63. The van der Waals surface area contributed by atoms with Crippen LogP contribution in [0.1, 0.15) is 18.4 Å². The third-order valence-electron chi connectivity index (χ3n) is 3.48. The van der Waals surface area contributed by atoms with Crippen molar-refractivity contribution in [3.8, 4) is 0 Å². The summed E-state index contributed by atoms with van der Waals surface area (Å²) in [6.07, 6.45) is 0.0257. The van der Waals surface area contributed by atoms with Crippen molar-refractivity contribution in [3.63, 3.8) is 0 Å². The van der Waals surface area contributed by atoms with Gasteiger partial charge in [0, 0.05) is 18.6 Å². The third kappa shape index (κ3) is 4.19. The number of hydrogen-bond donors (Lipinski definition) is 4. The molecule has 2 rings (SSSR count). The summed E-state index contributed by atoms with van der Waals surface area (Å²) in [6.45, 7) is 0.181. The average Bonchev–Trinajstić information content (AvgIpc) is 2.84. The van der Waals surface area contributed by atoms with E-state index in [1.807, 2.05) is 30.3 Å². The molecule has 1 aliphatic carbocycles. The zero-order valence-electron chi connectivity index (χ0n) is 11.2. The second kappa shape index (κ2) is 7.23. The lowest BCUT2D eigenvalue weighted by molar-refractivity contribution is 0.128. The second-order valence-electron chi connectivity index (χ2n) is 5.01. The van der Waals surface area contributed by atoms with Crippen molar-refractivity contribution in [2.24, 2.45) is 5.92 Å². The fourth-order valence-electron chi connectivity index (χ4n) is 2.38. The quantitative estimate of drug-likeness (QED) is 0.591. The largest absolute Gasteiger partial charge is 0.444 e. The molecule has 1 aromatic carbocycles. The van der Waals surface area contributed by atoms with Crippen LogP contribution in [-0.2, 0) is 11.3 Å². The van der Waals surface area contributed by atoms with Crippen LogP contribution in [0.2, 0.25) is 0 Å². The van der Waals surface area contributed by atoms with Crippen molar-refractivity contribution in [1.82, 2.24) is 10.9 Å². The molecule has 3 atom stereocenters. The molecule has 0 spiro atoms. The van der Waals surface area contributed by atoms with Gasteiger partial charge in [0.15, 0.2) is 0 Å². The van der Waals surface area contributed by atoms with E-state index < -0.39 is 12.2 Å². The van der Waals surface area contributed by atoms with Gasteiger partial charge in [-0.25, -0.2) is 10.2 Å². The highest BCUT2D eigenvalue weighted by molar-refractivity contribution is 5.66. The average molecular weight is 280 g/mol. The molecule has 0 radical (unpaired) electrons. The number of hydrogen-bond acceptors (Lipinski definition) is 5. The van der Waals surface area contributed by atoms with Crippen LogP contribution >= 0.6 is 0 Å². The van der Waals surface area contributed by atoms with Crippen molar-refractivity contribution >= 4 is 6.09 Å². The highest BCUT2D eigenvalue weighted by Gasteiger charge is 2.32. The monoisotopic (exact) mass is 280 g/mol. The van der Waals surface area contributed by atoms with Crippen molar-refractivity contribution in [3.05, 3.63) is 35.9 Å². The second-order valence-corrected chi connectivity index (χ2v) is 5.01. The van der Waals surface area contributed by atoms with Gasteiger partial charge in [-0.1, -0.05) is 30.3 Å². The number of carbonyl (C=O) groups excluding carboxylic acids is 1. The number of rotatable bonds is 5. The molecule has 0 heterocycles. The van der Waals surface area contributed by atoms with Crippen molar-refractivity contribution in [2.45, 2.75) is 31.6 Å². The molecule has 1 fully saturated rings. The SMILES string of the molecule is O=C(NNC1CC(O)CC1CO)OCc1ccccc1. The summed E-state index contributed by atoms with van der Waals surface area (Å²) in [6, 6.07) is 9.25. The highest BCUT2D eigenvalue weighted by atomic mass is 16.6. The van der Waals surface area contributed by atoms with Gasteiger partial charge in [-0.15, -0.1) is 0 Å². The number of aliphatic hydroxyl groups is 2. The Morgan fingerprint density at radius 2 is 2.05 bits per heavy atom. The van der Waals surface area contributed by atoms with Crippen LogP contribution in [0.5, 0.6) is 0 Å². The minimum Gasteiger partial charge on any atom is -0.444 e. The van der Waals surface area contributed by atoms with Gasteiger partial charge in [-0.05, 0) is 18.4 Å². The van der Waals surface area contributed by atoms with Crippen LogP contribution in [0.3, 0.4) is 0 Å². The van der Waals surface area contributed by atoms with E-state index in [4.69, 9.17) is 4.74 Å². The van der Waals surface area contributed by atoms with E-state index in [0.29, 0.717) is 12.8 Å². The first-order valence-electron chi connectivity index (χ1n) is 6.70. The zero-order chi connectivity index (χ0) is 14.4. The summed E-state index contributed by atoms with van der Waals surface area (Å²) in [7, 11) is 0. The molecule has 1 aliphatic rings. The molecule has 6 nitrogen and oxygen atoms in total. The Kier molecular flexibility index (Phi) is 5.34. The lowest BCUT2D eigenvalue weighted by Gasteiger charge is -2.18. The van der Waals surface area contributed by atoms with Crippen LogP contribution in [0.4, 0.5) is 4.79 Å². The molecule has 110 valence electrons. The maximum absolute atomic E-state index is 11.5. The minimum atomic E-state index is -0.577. The summed E-state index contributed by atoms with van der Waals surface area (Å²) in [5.41, 5.74) is 6.16. The van der Waals surface area contributed by atoms with E-state index in [9.17, 15) is 15.0 Å². The molecule has 0 aliphatic heterocycles. The van der Waals surface area contributed by atoms with Gasteiger partial charge in [-0.2, -0.15) is 0 Å². The molecular formula is C14H20N2O4. The van der Waals surface area contributed by atoms with Crippen molar-refractivity contribution in [1.29, 1.82) is 0 Å². The first kappa shape index (κ1) is 14.8. The van der Waals surface area contributed by atoms with E-state index in [1.165, 1.54) is 0 Å². The first-order valence-corrected chi connectivity index (χ1v) is 6.70. The summed E-state index contributed by atoms with van der Waals surface area (Å²) in [5.74, 6) is -0.0561. The third-order valence-corrected chi connectivity index (χ3v) is 3.48. The molecule has 1 saturated carbocycles. The Labute approximate surface area is 117 Å². The molecule has 0 bridgehead atoms. The lowest BCUT2D eigenvalue weighted by Crippen LogP contribution is -2.46. The maximum atomic E-state index is 11.5. The minimum absolute atomic E-state index is 0.0184. The van der Waals surface area contributed by atoms with E-state index >= 15 is 0 Å². The van der Waals surface area contributed by atoms with E-state index in [0.717, 1.165) is 5.56 Å². The summed E-state index contributed by atoms with van der Waals surface area (Å²) >= 11 is 0. The summed E-state index contributed by atoms with van der Waals surface area (Å²) in [4.78, 5) is 11.5. The zero-order valence-corrected chi connectivity index (χ0v) is 11.2. The molecule has 1 aromatic rings. The molecule has 1 amide bonds.